The molecule has 2 rings (SSSR count). The van der Waals surface area contributed by atoms with E-state index in [1.807, 2.05) is 0 Å². The van der Waals surface area contributed by atoms with Crippen LogP contribution in [-0.4, -0.2) is 253 Å². The van der Waals surface area contributed by atoms with Crippen LogP contribution < -0.4 is 85.9 Å². The molecule has 127 heavy (non-hydrogen) atoms. The van der Waals surface area contributed by atoms with Crippen LogP contribution >= 0.6 is 0 Å². The van der Waals surface area contributed by atoms with Crippen molar-refractivity contribution in [3.05, 3.63) is 65.7 Å². The Hall–Kier alpha value is -12.0. The largest absolute Gasteiger partial charge is 0.508 e. The molecule has 13 atom stereocenters. The maximum Gasteiger partial charge on any atom is 0.326 e. The van der Waals surface area contributed by atoms with Gasteiger partial charge in [0.1, 0.15) is 78.3 Å². The first kappa shape index (κ1) is 111. The molecule has 0 unspecified atom stereocenters. The Labute approximate surface area is 738 Å². The number of hydrogen-bond acceptors (Lipinski definition) is 23. The van der Waals surface area contributed by atoms with Gasteiger partial charge in [0.05, 0.1) is 25.8 Å². The molecular formula is C85H134N16O26. The van der Waals surface area contributed by atoms with Gasteiger partial charge in [-0.2, -0.15) is 0 Å². The van der Waals surface area contributed by atoms with Crippen molar-refractivity contribution in [2.45, 2.75) is 307 Å². The van der Waals surface area contributed by atoms with Gasteiger partial charge in [-0.05, 0) is 107 Å². The van der Waals surface area contributed by atoms with Gasteiger partial charge in [-0.3, -0.25) is 81.5 Å². The van der Waals surface area contributed by atoms with E-state index in [4.69, 9.17) is 11.5 Å². The number of benzene rings is 2. The summed E-state index contributed by atoms with van der Waals surface area (Å²) in [5.41, 5.74) is 12.1. The summed E-state index contributed by atoms with van der Waals surface area (Å²) >= 11 is 0. The van der Waals surface area contributed by atoms with Crippen molar-refractivity contribution in [3.8, 4) is 5.75 Å². The number of aliphatic hydroxyl groups excluding tert-OH is 2. The van der Waals surface area contributed by atoms with Crippen molar-refractivity contribution < 1.29 is 127 Å². The molecule has 0 heterocycles. The third-order valence-corrected chi connectivity index (χ3v) is 20.4. The Morgan fingerprint density at radius 1 is 0.339 bits per heavy atom. The van der Waals surface area contributed by atoms with Gasteiger partial charge >= 0.3 is 23.9 Å². The minimum absolute atomic E-state index is 0.0183. The van der Waals surface area contributed by atoms with E-state index in [0.29, 0.717) is 17.5 Å². The van der Waals surface area contributed by atoms with Gasteiger partial charge in [0, 0.05) is 51.5 Å². The van der Waals surface area contributed by atoms with Crippen LogP contribution in [0.25, 0.3) is 0 Å². The summed E-state index contributed by atoms with van der Waals surface area (Å²) in [5, 5.41) is 103. The number of carbonyl (C=O) groups is 19. The number of nitrogens with two attached hydrogens (primary N) is 2. The first-order valence-corrected chi connectivity index (χ1v) is 43.2. The van der Waals surface area contributed by atoms with Crippen LogP contribution in [0.4, 0.5) is 0 Å². The minimum Gasteiger partial charge on any atom is -0.508 e. The second-order valence-electron chi connectivity index (χ2n) is 32.2. The van der Waals surface area contributed by atoms with Crippen molar-refractivity contribution in [1.82, 2.24) is 74.4 Å². The lowest BCUT2D eigenvalue weighted by molar-refractivity contribution is -0.143. The SMILES string of the molecule is CCCCCCCCCCCCCCCC(=O)N[C@@H](CCC(=O)NCCCC[C@H](NC(=O)[C@H](C)NC(=O)[C@H](C)NC(=O)[C@H](CCC(N)=O)NC(=O)CNC(=O)[C@H](CCC(=O)O)NC(=O)[C@H](CC(C)C)NC(=O)[C@H](Cc1ccc(O)cc1)NC(=O)[C@H](CO)NC(=O)[C@H](CO)NC(=O)[C@@H](N)C(C)C)C(=O)N[C@@H](CCC(=O)O)C(=O)N[C@@H](Cc1ccccc1)C(=O)O)C(=O)O. The molecule has 0 saturated heterocycles. The molecule has 0 aromatic heterocycles. The van der Waals surface area contributed by atoms with E-state index in [9.17, 15) is 127 Å². The Bertz CT molecular complexity index is 3910. The normalized spacial score (nSPS) is 14.2. The lowest BCUT2D eigenvalue weighted by atomic mass is 10.00. The number of carbonyl (C=O) groups excluding carboxylic acids is 15. The molecule has 42 heteroatoms. The van der Waals surface area contributed by atoms with Crippen LogP contribution in [0.1, 0.15) is 227 Å². The van der Waals surface area contributed by atoms with Crippen molar-refractivity contribution in [2.24, 2.45) is 23.3 Å². The number of amides is 15. The second-order valence-corrected chi connectivity index (χ2v) is 32.2. The summed E-state index contributed by atoms with van der Waals surface area (Å²) in [5.74, 6) is -21.7. The average Bonchev–Trinajstić information content (AvgIpc) is 0.849. The lowest BCUT2D eigenvalue weighted by Crippen LogP contribution is -2.61. The Morgan fingerprint density at radius 3 is 1.23 bits per heavy atom. The zero-order valence-electron chi connectivity index (χ0n) is 73.5. The van der Waals surface area contributed by atoms with Gasteiger partial charge in [-0.25, -0.2) is 9.59 Å². The zero-order chi connectivity index (χ0) is 95.3. The highest BCUT2D eigenvalue weighted by atomic mass is 16.4. The van der Waals surface area contributed by atoms with E-state index in [2.05, 4.69) is 81.4 Å². The standard InChI is InChI=1S/C85H134N16O26/c1-8-9-10-11-12-13-14-15-16-17-18-19-23-29-68(107)93-60(84(124)125)35-39-67(106)88-42-25-24-28-56(77(117)96-59(37-41-71(111)112)78(118)99-63(85(126)127)45-53-26-21-20-22-27-53)94-74(114)52(7)90-73(113)51(6)91-76(116)58(34-38-66(86)105)92-69(108)46-89-75(115)57(36-40-70(109)110)95-79(119)61(43-49(2)3)97-80(120)62(44-54-30-32-55(104)33-31-54)98-81(121)64(47-102)100-82(122)65(48-103)101-83(123)72(87)50(4)5/h20-22,26-27,30-33,49-52,56-65,72,102-104H,8-19,23-25,28-29,34-48,87H2,1-7H3,(H2,86,105)(H,88,106)(H,89,115)(H,90,113)(H,91,116)(H,92,108)(H,93,107)(H,94,114)(H,95,119)(H,96,117)(H,97,120)(H,98,121)(H,99,118)(H,100,122)(H,101,123)(H,109,110)(H,111,112)(H,124,125)(H,126,127)/t51-,52-,56-,57-,58-,59-,60-,61-,62-,63-,64-,65-,72-/m0/s1. The second kappa shape index (κ2) is 61.4. The number of hydrogen-bond donors (Lipinski definition) is 23. The van der Waals surface area contributed by atoms with Crippen LogP contribution in [0.15, 0.2) is 54.6 Å². The first-order chi connectivity index (χ1) is 60.1. The average molecular weight is 1800 g/mol. The highest BCUT2D eigenvalue weighted by Crippen LogP contribution is 2.18. The molecule has 42 nitrogen and oxygen atoms in total. The van der Waals surface area contributed by atoms with E-state index >= 15 is 0 Å². The molecule has 0 radical (unpaired) electrons. The quantitative estimate of drug-likeness (QED) is 0.0349. The molecule has 0 aliphatic heterocycles. The molecule has 2 aromatic carbocycles. The van der Waals surface area contributed by atoms with Gasteiger partial charge in [0.15, 0.2) is 0 Å². The Morgan fingerprint density at radius 2 is 0.724 bits per heavy atom. The van der Waals surface area contributed by atoms with Crippen molar-refractivity contribution >= 4 is 112 Å². The van der Waals surface area contributed by atoms with E-state index < -0.39 is 255 Å². The summed E-state index contributed by atoms with van der Waals surface area (Å²) < 4.78 is 0. The summed E-state index contributed by atoms with van der Waals surface area (Å²) in [4.78, 5) is 252. The number of unbranched alkanes of at least 4 members (excludes halogenated alkanes) is 13. The maximum absolute atomic E-state index is 14.3. The van der Waals surface area contributed by atoms with E-state index in [0.717, 1.165) is 46.0 Å². The van der Waals surface area contributed by atoms with Gasteiger partial charge in [0.2, 0.25) is 88.6 Å². The fraction of sp³-hybridized carbons (Fsp3) is 0.635. The number of phenols is 1. The number of aliphatic hydroxyl groups is 2. The van der Waals surface area contributed by atoms with Crippen LogP contribution in [-0.2, 0) is 104 Å². The highest BCUT2D eigenvalue weighted by molar-refractivity contribution is 6.00. The molecule has 0 aliphatic rings. The van der Waals surface area contributed by atoms with Crippen molar-refractivity contribution in [2.75, 3.05) is 26.3 Å². The number of nitrogens with one attached hydrogen (secondary N) is 14. The fourth-order valence-corrected chi connectivity index (χ4v) is 12.8. The molecule has 2 aromatic rings. The number of phenolic OH excluding ortho intramolecular Hbond substituents is 1. The predicted molar refractivity (Wildman–Crippen MR) is 460 cm³/mol. The summed E-state index contributed by atoms with van der Waals surface area (Å²) in [7, 11) is 0. The van der Waals surface area contributed by atoms with Gasteiger partial charge in [0.25, 0.3) is 0 Å². The first-order valence-electron chi connectivity index (χ1n) is 43.2. The van der Waals surface area contributed by atoms with Crippen LogP contribution in [0.3, 0.4) is 0 Å². The van der Waals surface area contributed by atoms with Crippen molar-refractivity contribution in [3.63, 3.8) is 0 Å². The third kappa shape index (κ3) is 47.3. The zero-order valence-corrected chi connectivity index (χ0v) is 73.5. The lowest BCUT2D eigenvalue weighted by Gasteiger charge is -2.27. The Balaban J connectivity index is 2.31. The molecule has 0 spiro atoms. The third-order valence-electron chi connectivity index (χ3n) is 20.4. The highest BCUT2D eigenvalue weighted by Gasteiger charge is 2.37. The number of primary amides is 1. The molecule has 0 saturated carbocycles. The predicted octanol–water partition coefficient (Wildman–Crippen LogP) is -1.12. The number of carboxylic acids is 4. The van der Waals surface area contributed by atoms with Gasteiger partial charge < -0.3 is 122 Å². The molecular weight excluding hydrogens is 1660 g/mol. The monoisotopic (exact) mass is 1790 g/mol. The fourth-order valence-electron chi connectivity index (χ4n) is 12.8. The van der Waals surface area contributed by atoms with Crippen LogP contribution in [0.2, 0.25) is 0 Å². The van der Waals surface area contributed by atoms with E-state index in [1.165, 1.54) is 69.2 Å². The number of carboxylic acid groups (broad SMARTS) is 4. The topological polar surface area (TPSA) is 686 Å². The smallest absolute Gasteiger partial charge is 0.326 e. The van der Waals surface area contributed by atoms with E-state index in [1.54, 1.807) is 58.0 Å². The number of aliphatic carboxylic acids is 4. The molecule has 0 fully saturated rings. The number of aromatic hydroxyl groups is 1. The van der Waals surface area contributed by atoms with E-state index in [-0.39, 0.29) is 76.0 Å². The van der Waals surface area contributed by atoms with Crippen molar-refractivity contribution in [1.29, 1.82) is 0 Å². The minimum atomic E-state index is -1.82. The van der Waals surface area contributed by atoms with Gasteiger partial charge in [-0.1, -0.05) is 154 Å². The maximum atomic E-state index is 14.3. The summed E-state index contributed by atoms with van der Waals surface area (Å²) in [6.45, 7) is 7.92. The van der Waals surface area contributed by atoms with Gasteiger partial charge in [-0.15, -0.1) is 0 Å². The summed E-state index contributed by atoms with van der Waals surface area (Å²) in [6.07, 6.45) is 9.18. The van der Waals surface area contributed by atoms with Crippen LogP contribution in [0.5, 0.6) is 5.75 Å². The van der Waals surface area contributed by atoms with Crippen LogP contribution in [0, 0.1) is 11.8 Å². The molecule has 15 amide bonds. The molecule has 710 valence electrons. The summed E-state index contributed by atoms with van der Waals surface area (Å²) in [6, 6.07) is -7.28. The molecule has 0 aliphatic carbocycles. The molecule has 0 bridgehead atoms. The number of rotatable bonds is 67. The molecule has 25 N–H and O–H groups in total. The Kier molecular flexibility index (Phi) is 53.7.